The Morgan fingerprint density at radius 1 is 1.33 bits per heavy atom. The van der Waals surface area contributed by atoms with Crippen LogP contribution in [0.15, 0.2) is 12.3 Å². The van der Waals surface area contributed by atoms with Gasteiger partial charge in [0.25, 0.3) is 0 Å². The summed E-state index contributed by atoms with van der Waals surface area (Å²) in [7, 11) is 0. The lowest BCUT2D eigenvalue weighted by Crippen LogP contribution is -2.47. The first kappa shape index (κ1) is 13.7. The maximum Gasteiger partial charge on any atom is 0.337 e. The summed E-state index contributed by atoms with van der Waals surface area (Å²) in [6, 6.07) is 1.77. The molecule has 112 valence electrons. The highest BCUT2D eigenvalue weighted by molar-refractivity contribution is 5.88. The molecule has 1 aliphatic carbocycles. The topological polar surface area (TPSA) is 99.8 Å². The largest absolute Gasteiger partial charge is 0.478 e. The smallest absolute Gasteiger partial charge is 0.337 e. The van der Waals surface area contributed by atoms with Crippen LogP contribution in [0.25, 0.3) is 0 Å². The van der Waals surface area contributed by atoms with Gasteiger partial charge in [0.2, 0.25) is 5.82 Å². The van der Waals surface area contributed by atoms with E-state index in [9.17, 15) is 14.9 Å². The van der Waals surface area contributed by atoms with E-state index in [0.29, 0.717) is 19.1 Å². The molecule has 3 rings (SSSR count). The zero-order valence-corrected chi connectivity index (χ0v) is 11.4. The number of pyridine rings is 1. The summed E-state index contributed by atoms with van der Waals surface area (Å²) in [4.78, 5) is 29.8. The summed E-state index contributed by atoms with van der Waals surface area (Å²) in [5, 5.41) is 20.1. The molecule has 2 fully saturated rings. The minimum atomic E-state index is -1.21. The molecule has 0 atom stereocenters. The lowest BCUT2D eigenvalue weighted by Gasteiger charge is -2.35. The van der Waals surface area contributed by atoms with Crippen LogP contribution >= 0.6 is 0 Å². The first-order valence-corrected chi connectivity index (χ1v) is 6.93. The van der Waals surface area contributed by atoms with Crippen molar-refractivity contribution >= 4 is 17.5 Å². The Morgan fingerprint density at radius 3 is 2.52 bits per heavy atom. The lowest BCUT2D eigenvalue weighted by atomic mass is 10.2. The monoisotopic (exact) mass is 292 g/mol. The summed E-state index contributed by atoms with van der Waals surface area (Å²) >= 11 is 0. The maximum absolute atomic E-state index is 11.2. The van der Waals surface area contributed by atoms with Gasteiger partial charge in [0, 0.05) is 44.5 Å². The van der Waals surface area contributed by atoms with E-state index in [2.05, 4.69) is 9.88 Å². The zero-order valence-electron chi connectivity index (χ0n) is 11.4. The van der Waals surface area contributed by atoms with Crippen LogP contribution < -0.4 is 4.90 Å². The highest BCUT2D eigenvalue weighted by atomic mass is 16.6. The molecule has 8 heteroatoms. The number of rotatable bonds is 4. The van der Waals surface area contributed by atoms with E-state index in [0.717, 1.165) is 19.2 Å². The van der Waals surface area contributed by atoms with Crippen LogP contribution in [0.2, 0.25) is 0 Å². The van der Waals surface area contributed by atoms with E-state index in [1.807, 2.05) is 4.90 Å². The third kappa shape index (κ3) is 2.80. The second-order valence-corrected chi connectivity index (χ2v) is 5.38. The van der Waals surface area contributed by atoms with Crippen LogP contribution in [0, 0.1) is 10.1 Å². The van der Waals surface area contributed by atoms with E-state index in [1.54, 1.807) is 0 Å². The molecule has 2 heterocycles. The van der Waals surface area contributed by atoms with Crippen molar-refractivity contribution in [3.63, 3.8) is 0 Å². The van der Waals surface area contributed by atoms with E-state index in [4.69, 9.17) is 5.11 Å². The standard InChI is InChI=1S/C13H16N4O4/c18-13(19)9-7-11(17(20)21)12(14-8-9)16-5-3-15(4-6-16)10-1-2-10/h7-8,10H,1-6H2,(H,18,19). The molecule has 0 radical (unpaired) electrons. The number of piperazine rings is 1. The molecule has 1 N–H and O–H groups in total. The second kappa shape index (κ2) is 5.28. The van der Waals surface area contributed by atoms with E-state index < -0.39 is 10.9 Å². The molecule has 0 unspecified atom stereocenters. The van der Waals surface area contributed by atoms with Crippen LogP contribution in [0.1, 0.15) is 23.2 Å². The number of carbonyl (C=O) groups is 1. The predicted molar refractivity (Wildman–Crippen MR) is 74.7 cm³/mol. The average molecular weight is 292 g/mol. The van der Waals surface area contributed by atoms with Gasteiger partial charge in [0.1, 0.15) is 0 Å². The van der Waals surface area contributed by atoms with Gasteiger partial charge in [0.15, 0.2) is 0 Å². The Morgan fingerprint density at radius 2 is 2.00 bits per heavy atom. The highest BCUT2D eigenvalue weighted by Gasteiger charge is 2.33. The van der Waals surface area contributed by atoms with Crippen molar-refractivity contribution in [1.82, 2.24) is 9.88 Å². The normalized spacial score (nSPS) is 19.5. The van der Waals surface area contributed by atoms with Crippen molar-refractivity contribution in [2.45, 2.75) is 18.9 Å². The van der Waals surface area contributed by atoms with Crippen molar-refractivity contribution < 1.29 is 14.8 Å². The lowest BCUT2D eigenvalue weighted by molar-refractivity contribution is -0.384. The fourth-order valence-electron chi connectivity index (χ4n) is 2.68. The third-order valence-corrected chi connectivity index (χ3v) is 3.97. The van der Waals surface area contributed by atoms with Gasteiger partial charge in [-0.1, -0.05) is 0 Å². The van der Waals surface area contributed by atoms with Crippen LogP contribution in [0.3, 0.4) is 0 Å². The Kier molecular flexibility index (Phi) is 3.46. The predicted octanol–water partition coefficient (Wildman–Crippen LogP) is 0.972. The first-order chi connectivity index (χ1) is 10.1. The number of hydrogen-bond acceptors (Lipinski definition) is 6. The van der Waals surface area contributed by atoms with Crippen molar-refractivity contribution in [2.24, 2.45) is 0 Å². The first-order valence-electron chi connectivity index (χ1n) is 6.93. The van der Waals surface area contributed by atoms with Crippen LogP contribution in [0.4, 0.5) is 11.5 Å². The second-order valence-electron chi connectivity index (χ2n) is 5.38. The molecule has 0 aromatic carbocycles. The Bertz CT molecular complexity index is 580. The third-order valence-electron chi connectivity index (χ3n) is 3.97. The molecular formula is C13H16N4O4. The number of hydrogen-bond donors (Lipinski definition) is 1. The maximum atomic E-state index is 11.2. The fourth-order valence-corrected chi connectivity index (χ4v) is 2.68. The highest BCUT2D eigenvalue weighted by Crippen LogP contribution is 2.31. The molecule has 1 aromatic rings. The Hall–Kier alpha value is -2.22. The summed E-state index contributed by atoms with van der Waals surface area (Å²) < 4.78 is 0. The molecule has 1 aliphatic heterocycles. The number of aromatic carboxylic acids is 1. The minimum absolute atomic E-state index is 0.165. The van der Waals surface area contributed by atoms with E-state index >= 15 is 0 Å². The number of aromatic nitrogens is 1. The summed E-state index contributed by atoms with van der Waals surface area (Å²) in [6.07, 6.45) is 3.66. The van der Waals surface area contributed by atoms with Crippen molar-refractivity contribution in [3.05, 3.63) is 27.9 Å². The van der Waals surface area contributed by atoms with Crippen molar-refractivity contribution in [1.29, 1.82) is 0 Å². The van der Waals surface area contributed by atoms with Gasteiger partial charge in [-0.05, 0) is 12.8 Å². The molecule has 1 saturated carbocycles. The number of anilines is 1. The van der Waals surface area contributed by atoms with Gasteiger partial charge >= 0.3 is 11.7 Å². The van der Waals surface area contributed by atoms with E-state index in [-0.39, 0.29) is 17.1 Å². The number of nitrogens with zero attached hydrogens (tertiary/aromatic N) is 4. The molecule has 1 aromatic heterocycles. The van der Waals surface area contributed by atoms with Crippen LogP contribution in [0.5, 0.6) is 0 Å². The van der Waals surface area contributed by atoms with Crippen molar-refractivity contribution in [2.75, 3.05) is 31.1 Å². The molecule has 1 saturated heterocycles. The van der Waals surface area contributed by atoms with Crippen LogP contribution in [-0.2, 0) is 0 Å². The van der Waals surface area contributed by atoms with Gasteiger partial charge in [0.05, 0.1) is 10.5 Å². The van der Waals surface area contributed by atoms with Crippen LogP contribution in [-0.4, -0.2) is 58.1 Å². The van der Waals surface area contributed by atoms with E-state index in [1.165, 1.54) is 19.0 Å². The number of carboxylic acid groups (broad SMARTS) is 1. The number of carboxylic acids is 1. The van der Waals surface area contributed by atoms with Gasteiger partial charge in [-0.25, -0.2) is 9.78 Å². The van der Waals surface area contributed by atoms with Gasteiger partial charge in [-0.3, -0.25) is 15.0 Å². The molecule has 21 heavy (non-hydrogen) atoms. The summed E-state index contributed by atoms with van der Waals surface area (Å²) in [6.45, 7) is 3.09. The molecule has 2 aliphatic rings. The minimum Gasteiger partial charge on any atom is -0.478 e. The molecule has 8 nitrogen and oxygen atoms in total. The fraction of sp³-hybridized carbons (Fsp3) is 0.538. The van der Waals surface area contributed by atoms with Crippen molar-refractivity contribution in [3.8, 4) is 0 Å². The molecular weight excluding hydrogens is 276 g/mol. The molecule has 0 bridgehead atoms. The summed E-state index contributed by atoms with van der Waals surface area (Å²) in [5.41, 5.74) is -0.406. The Balaban J connectivity index is 1.81. The average Bonchev–Trinajstić information content (AvgIpc) is 3.31. The molecule has 0 amide bonds. The van der Waals surface area contributed by atoms with Gasteiger partial charge in [-0.2, -0.15) is 0 Å². The molecule has 0 spiro atoms. The summed E-state index contributed by atoms with van der Waals surface area (Å²) in [5.74, 6) is -0.948. The van der Waals surface area contributed by atoms with Gasteiger partial charge in [-0.15, -0.1) is 0 Å². The Labute approximate surface area is 121 Å². The quantitative estimate of drug-likeness (QED) is 0.652. The number of nitro groups is 1. The van der Waals surface area contributed by atoms with Gasteiger partial charge < -0.3 is 10.0 Å². The zero-order chi connectivity index (χ0) is 15.0. The SMILES string of the molecule is O=C(O)c1cnc(N2CCN(C3CC3)CC2)c([N+](=O)[O-])c1.